The SMILES string of the molecule is O=C(Cc1ccccc1Cl)NNC(=O)c1cc(-c2ccccc2)n[nH]1. The summed E-state index contributed by atoms with van der Waals surface area (Å²) in [6.07, 6.45) is 0.0677. The highest BCUT2D eigenvalue weighted by Crippen LogP contribution is 2.17. The molecule has 1 heterocycles. The van der Waals surface area contributed by atoms with E-state index < -0.39 is 5.91 Å². The van der Waals surface area contributed by atoms with Gasteiger partial charge in [-0.3, -0.25) is 25.5 Å². The number of nitrogens with one attached hydrogen (secondary N) is 3. The van der Waals surface area contributed by atoms with Crippen LogP contribution in [0.15, 0.2) is 60.7 Å². The fourth-order valence-electron chi connectivity index (χ4n) is 2.25. The van der Waals surface area contributed by atoms with Gasteiger partial charge in [0, 0.05) is 10.6 Å². The Bertz CT molecular complexity index is 893. The van der Waals surface area contributed by atoms with E-state index in [9.17, 15) is 9.59 Å². The van der Waals surface area contributed by atoms with Crippen molar-refractivity contribution in [2.24, 2.45) is 0 Å². The predicted molar refractivity (Wildman–Crippen MR) is 94.8 cm³/mol. The van der Waals surface area contributed by atoms with E-state index in [0.717, 1.165) is 5.56 Å². The van der Waals surface area contributed by atoms with Gasteiger partial charge in [-0.1, -0.05) is 60.1 Å². The number of aromatic nitrogens is 2. The van der Waals surface area contributed by atoms with Gasteiger partial charge in [0.05, 0.1) is 12.1 Å². The number of aromatic amines is 1. The Morgan fingerprint density at radius 3 is 2.48 bits per heavy atom. The molecule has 0 bridgehead atoms. The van der Waals surface area contributed by atoms with E-state index in [1.54, 1.807) is 30.3 Å². The van der Waals surface area contributed by atoms with Crippen molar-refractivity contribution in [1.29, 1.82) is 0 Å². The second kappa shape index (κ2) is 7.63. The Hall–Kier alpha value is -3.12. The van der Waals surface area contributed by atoms with Crippen LogP contribution in [-0.2, 0) is 11.2 Å². The standard InChI is InChI=1S/C18H15ClN4O2/c19-14-9-5-4-8-13(14)10-17(24)22-23-18(25)16-11-15(20-21-16)12-6-2-1-3-7-12/h1-9,11H,10H2,(H,20,21)(H,22,24)(H,23,25). The average Bonchev–Trinajstić information content (AvgIpc) is 3.13. The van der Waals surface area contributed by atoms with Gasteiger partial charge in [0.25, 0.3) is 5.91 Å². The molecule has 1 aromatic heterocycles. The summed E-state index contributed by atoms with van der Waals surface area (Å²) in [4.78, 5) is 24.0. The third-order valence-corrected chi connectivity index (χ3v) is 3.89. The third-order valence-electron chi connectivity index (χ3n) is 3.52. The number of hydrogen-bond acceptors (Lipinski definition) is 3. The largest absolute Gasteiger partial charge is 0.287 e. The second-order valence-corrected chi connectivity index (χ2v) is 5.71. The molecule has 7 heteroatoms. The number of carbonyl (C=O) groups is 2. The van der Waals surface area contributed by atoms with Crippen molar-refractivity contribution in [1.82, 2.24) is 21.0 Å². The van der Waals surface area contributed by atoms with Gasteiger partial charge in [0.15, 0.2) is 0 Å². The predicted octanol–water partition coefficient (Wildman–Crippen LogP) is 2.73. The Labute approximate surface area is 149 Å². The Morgan fingerprint density at radius 1 is 1.00 bits per heavy atom. The molecule has 0 saturated heterocycles. The first-order valence-corrected chi connectivity index (χ1v) is 7.94. The van der Waals surface area contributed by atoms with Gasteiger partial charge in [-0.25, -0.2) is 0 Å². The van der Waals surface area contributed by atoms with Crippen molar-refractivity contribution >= 4 is 23.4 Å². The molecule has 2 amide bonds. The maximum absolute atomic E-state index is 12.1. The van der Waals surface area contributed by atoms with Gasteiger partial charge in [0.2, 0.25) is 5.91 Å². The van der Waals surface area contributed by atoms with E-state index in [0.29, 0.717) is 16.3 Å². The van der Waals surface area contributed by atoms with E-state index in [1.807, 2.05) is 30.3 Å². The fourth-order valence-corrected chi connectivity index (χ4v) is 2.45. The summed E-state index contributed by atoms with van der Waals surface area (Å²) in [7, 11) is 0. The summed E-state index contributed by atoms with van der Waals surface area (Å²) >= 11 is 6.01. The van der Waals surface area contributed by atoms with Crippen molar-refractivity contribution in [3.63, 3.8) is 0 Å². The van der Waals surface area contributed by atoms with Crippen molar-refractivity contribution < 1.29 is 9.59 Å². The molecule has 0 unspecified atom stereocenters. The summed E-state index contributed by atoms with van der Waals surface area (Å²) in [5.74, 6) is -0.855. The van der Waals surface area contributed by atoms with Crippen molar-refractivity contribution in [3.05, 3.63) is 76.9 Å². The van der Waals surface area contributed by atoms with Crippen LogP contribution in [0.2, 0.25) is 5.02 Å². The third kappa shape index (κ3) is 4.24. The van der Waals surface area contributed by atoms with Crippen molar-refractivity contribution in [2.45, 2.75) is 6.42 Å². The maximum atomic E-state index is 12.1. The van der Waals surface area contributed by atoms with Gasteiger partial charge in [-0.15, -0.1) is 0 Å². The zero-order valence-corrected chi connectivity index (χ0v) is 13.9. The zero-order chi connectivity index (χ0) is 17.6. The molecule has 0 radical (unpaired) electrons. The fraction of sp³-hybridized carbons (Fsp3) is 0.0556. The monoisotopic (exact) mass is 354 g/mol. The maximum Gasteiger partial charge on any atom is 0.287 e. The molecule has 0 spiro atoms. The summed E-state index contributed by atoms with van der Waals surface area (Å²) in [5.41, 5.74) is 7.18. The van der Waals surface area contributed by atoms with E-state index in [2.05, 4.69) is 21.0 Å². The summed E-state index contributed by atoms with van der Waals surface area (Å²) in [6.45, 7) is 0. The van der Waals surface area contributed by atoms with Gasteiger partial charge in [-0.2, -0.15) is 5.10 Å². The molecule has 0 saturated carbocycles. The lowest BCUT2D eigenvalue weighted by molar-refractivity contribution is -0.121. The van der Waals surface area contributed by atoms with E-state index in [4.69, 9.17) is 11.6 Å². The molecule has 3 N–H and O–H groups in total. The lowest BCUT2D eigenvalue weighted by Gasteiger charge is -2.07. The molecule has 0 aliphatic carbocycles. The van der Waals surface area contributed by atoms with Crippen LogP contribution in [0.25, 0.3) is 11.3 Å². The molecule has 2 aromatic carbocycles. The van der Waals surface area contributed by atoms with Crippen LogP contribution >= 0.6 is 11.6 Å². The number of hydrazine groups is 1. The van der Waals surface area contributed by atoms with Crippen LogP contribution in [0, 0.1) is 0 Å². The molecule has 0 aliphatic rings. The first kappa shape index (κ1) is 16.7. The number of carbonyl (C=O) groups excluding carboxylic acids is 2. The quantitative estimate of drug-likeness (QED) is 0.629. The van der Waals surface area contributed by atoms with Crippen LogP contribution in [0.5, 0.6) is 0 Å². The minimum atomic E-state index is -0.484. The molecule has 6 nitrogen and oxygen atoms in total. The summed E-state index contributed by atoms with van der Waals surface area (Å²) < 4.78 is 0. The molecule has 126 valence electrons. The number of rotatable bonds is 4. The van der Waals surface area contributed by atoms with Crippen LogP contribution in [0.4, 0.5) is 0 Å². The summed E-state index contributed by atoms with van der Waals surface area (Å²) in [6, 6.07) is 18.1. The highest BCUT2D eigenvalue weighted by atomic mass is 35.5. The van der Waals surface area contributed by atoms with Gasteiger partial charge < -0.3 is 0 Å². The molecule has 0 atom stereocenters. The number of amides is 2. The smallest absolute Gasteiger partial charge is 0.273 e. The molecule has 25 heavy (non-hydrogen) atoms. The van der Waals surface area contributed by atoms with Gasteiger partial charge >= 0.3 is 0 Å². The van der Waals surface area contributed by atoms with Gasteiger partial charge in [0.1, 0.15) is 5.69 Å². The molecular weight excluding hydrogens is 340 g/mol. The Morgan fingerprint density at radius 2 is 1.72 bits per heavy atom. The normalized spacial score (nSPS) is 10.3. The van der Waals surface area contributed by atoms with Crippen LogP contribution in [0.1, 0.15) is 16.1 Å². The second-order valence-electron chi connectivity index (χ2n) is 5.30. The number of nitrogens with zero attached hydrogens (tertiary/aromatic N) is 1. The molecule has 3 aromatic rings. The number of H-pyrrole nitrogens is 1. The molecule has 3 rings (SSSR count). The van der Waals surface area contributed by atoms with E-state index >= 15 is 0 Å². The Kier molecular flexibility index (Phi) is 5.11. The molecule has 0 aliphatic heterocycles. The van der Waals surface area contributed by atoms with Crippen LogP contribution in [0.3, 0.4) is 0 Å². The number of halogens is 1. The highest BCUT2D eigenvalue weighted by molar-refractivity contribution is 6.31. The van der Waals surface area contributed by atoms with Gasteiger partial charge in [-0.05, 0) is 17.7 Å². The minimum absolute atomic E-state index is 0.0677. The summed E-state index contributed by atoms with van der Waals surface area (Å²) in [5, 5.41) is 7.25. The minimum Gasteiger partial charge on any atom is -0.273 e. The first-order chi connectivity index (χ1) is 12.1. The zero-order valence-electron chi connectivity index (χ0n) is 13.1. The molecule has 0 fully saturated rings. The topological polar surface area (TPSA) is 86.9 Å². The van der Waals surface area contributed by atoms with Crippen molar-refractivity contribution in [3.8, 4) is 11.3 Å². The van der Waals surface area contributed by atoms with Crippen LogP contribution < -0.4 is 10.9 Å². The highest BCUT2D eigenvalue weighted by Gasteiger charge is 2.12. The lowest BCUT2D eigenvalue weighted by Crippen LogP contribution is -2.42. The number of benzene rings is 2. The first-order valence-electron chi connectivity index (χ1n) is 7.57. The Balaban J connectivity index is 1.57. The average molecular weight is 355 g/mol. The lowest BCUT2D eigenvalue weighted by atomic mass is 10.1. The number of hydrogen-bond donors (Lipinski definition) is 3. The van der Waals surface area contributed by atoms with Crippen molar-refractivity contribution in [2.75, 3.05) is 0 Å². The van der Waals surface area contributed by atoms with E-state index in [1.165, 1.54) is 0 Å². The molecular formula is C18H15ClN4O2. The van der Waals surface area contributed by atoms with Crippen LogP contribution in [-0.4, -0.2) is 22.0 Å². The van der Waals surface area contributed by atoms with E-state index in [-0.39, 0.29) is 18.0 Å².